The number of halogens is 4. The van der Waals surface area contributed by atoms with Crippen LogP contribution in [0.15, 0.2) is 42.7 Å². The first-order chi connectivity index (χ1) is 9.95. The minimum Gasteiger partial charge on any atom is -0.312 e. The molecule has 0 saturated heterocycles. The molecule has 0 spiro atoms. The molecule has 2 aromatic rings. The maximum absolute atomic E-state index is 13.2. The average molecular weight is 298 g/mol. The van der Waals surface area contributed by atoms with Crippen molar-refractivity contribution in [2.75, 3.05) is 6.54 Å². The Morgan fingerprint density at radius 2 is 1.71 bits per heavy atom. The molecule has 1 N–H and O–H groups in total. The highest BCUT2D eigenvalue weighted by Gasteiger charge is 2.31. The predicted octanol–water partition coefficient (Wildman–Crippen LogP) is 3.57. The van der Waals surface area contributed by atoms with Gasteiger partial charge in [-0.2, -0.15) is 13.2 Å². The van der Waals surface area contributed by atoms with Crippen molar-refractivity contribution in [3.63, 3.8) is 0 Å². The molecule has 0 fully saturated rings. The average Bonchev–Trinajstić information content (AvgIpc) is 2.43. The molecule has 2 rings (SSSR count). The fraction of sp³-hybridized carbons (Fsp3) is 0.267. The summed E-state index contributed by atoms with van der Waals surface area (Å²) < 4.78 is 50.9. The van der Waals surface area contributed by atoms with Gasteiger partial charge in [0.1, 0.15) is 5.82 Å². The molecule has 1 aromatic carbocycles. The van der Waals surface area contributed by atoms with E-state index < -0.39 is 17.6 Å². The molecule has 0 saturated carbocycles. The van der Waals surface area contributed by atoms with Gasteiger partial charge in [0.15, 0.2) is 0 Å². The Morgan fingerprint density at radius 1 is 1.00 bits per heavy atom. The third kappa shape index (κ3) is 4.82. The van der Waals surface area contributed by atoms with Crippen molar-refractivity contribution in [1.29, 1.82) is 0 Å². The monoisotopic (exact) mass is 298 g/mol. The highest BCUT2D eigenvalue weighted by molar-refractivity contribution is 5.26. The van der Waals surface area contributed by atoms with Gasteiger partial charge in [-0.05, 0) is 54.4 Å². The van der Waals surface area contributed by atoms with Crippen LogP contribution in [0.3, 0.4) is 0 Å². The van der Waals surface area contributed by atoms with Gasteiger partial charge in [0.05, 0.1) is 5.56 Å². The summed E-state index contributed by atoms with van der Waals surface area (Å²) in [7, 11) is 0. The second kappa shape index (κ2) is 6.67. The van der Waals surface area contributed by atoms with Crippen molar-refractivity contribution in [3.8, 4) is 0 Å². The summed E-state index contributed by atoms with van der Waals surface area (Å²) in [5.74, 6) is -0.879. The lowest BCUT2D eigenvalue weighted by Crippen LogP contribution is -2.17. The topological polar surface area (TPSA) is 24.9 Å². The van der Waals surface area contributed by atoms with Crippen molar-refractivity contribution in [3.05, 3.63) is 65.2 Å². The van der Waals surface area contributed by atoms with Gasteiger partial charge in [-0.1, -0.05) is 0 Å². The van der Waals surface area contributed by atoms with E-state index in [0.29, 0.717) is 12.6 Å². The van der Waals surface area contributed by atoms with E-state index in [0.717, 1.165) is 24.1 Å². The number of benzene rings is 1. The van der Waals surface area contributed by atoms with Crippen LogP contribution < -0.4 is 5.32 Å². The molecule has 2 nitrogen and oxygen atoms in total. The second-order valence-corrected chi connectivity index (χ2v) is 4.63. The van der Waals surface area contributed by atoms with Crippen LogP contribution in [-0.4, -0.2) is 11.5 Å². The van der Waals surface area contributed by atoms with Gasteiger partial charge in [0.2, 0.25) is 0 Å². The number of pyridine rings is 1. The molecule has 6 heteroatoms. The third-order valence-electron chi connectivity index (χ3n) is 2.95. The third-order valence-corrected chi connectivity index (χ3v) is 2.95. The van der Waals surface area contributed by atoms with E-state index >= 15 is 0 Å². The molecule has 0 bridgehead atoms. The first-order valence-corrected chi connectivity index (χ1v) is 6.41. The molecule has 0 radical (unpaired) electrons. The van der Waals surface area contributed by atoms with Crippen molar-refractivity contribution in [1.82, 2.24) is 10.3 Å². The second-order valence-electron chi connectivity index (χ2n) is 4.63. The molecule has 0 aliphatic carbocycles. The zero-order chi connectivity index (χ0) is 15.3. The number of alkyl halides is 3. The predicted molar refractivity (Wildman–Crippen MR) is 71.0 cm³/mol. The molecule has 1 aromatic heterocycles. The Balaban J connectivity index is 1.90. The molecule has 0 unspecified atom stereocenters. The molecule has 21 heavy (non-hydrogen) atoms. The van der Waals surface area contributed by atoms with E-state index in [1.54, 1.807) is 12.4 Å². The first kappa shape index (κ1) is 15.4. The van der Waals surface area contributed by atoms with Crippen LogP contribution in [0, 0.1) is 5.82 Å². The normalized spacial score (nSPS) is 11.6. The van der Waals surface area contributed by atoms with Crippen LogP contribution in [-0.2, 0) is 19.1 Å². The van der Waals surface area contributed by atoms with Crippen LogP contribution in [0.1, 0.15) is 16.7 Å². The maximum Gasteiger partial charge on any atom is 0.416 e. The maximum atomic E-state index is 13.2. The fourth-order valence-corrected chi connectivity index (χ4v) is 1.93. The number of hydrogen-bond acceptors (Lipinski definition) is 2. The summed E-state index contributed by atoms with van der Waals surface area (Å²) in [6.45, 7) is 0.772. The smallest absolute Gasteiger partial charge is 0.312 e. The lowest BCUT2D eigenvalue weighted by molar-refractivity contribution is -0.137. The van der Waals surface area contributed by atoms with Crippen LogP contribution in [0.2, 0.25) is 0 Å². The lowest BCUT2D eigenvalue weighted by Gasteiger charge is -2.10. The van der Waals surface area contributed by atoms with Gasteiger partial charge in [0, 0.05) is 18.9 Å². The molecule has 0 aliphatic rings. The number of rotatable bonds is 5. The van der Waals surface area contributed by atoms with Gasteiger partial charge < -0.3 is 5.32 Å². The van der Waals surface area contributed by atoms with E-state index in [1.807, 2.05) is 12.1 Å². The Hall–Kier alpha value is -1.95. The van der Waals surface area contributed by atoms with E-state index in [9.17, 15) is 17.6 Å². The van der Waals surface area contributed by atoms with Crippen molar-refractivity contribution >= 4 is 0 Å². The SMILES string of the molecule is Fc1cc(CNCCc2ccncc2)cc(C(F)(F)F)c1. The summed E-state index contributed by atoms with van der Waals surface area (Å²) in [4.78, 5) is 3.89. The summed E-state index contributed by atoms with van der Waals surface area (Å²) in [6.07, 6.45) is -0.452. The summed E-state index contributed by atoms with van der Waals surface area (Å²) in [6, 6.07) is 6.30. The van der Waals surface area contributed by atoms with E-state index in [-0.39, 0.29) is 12.1 Å². The van der Waals surface area contributed by atoms with Crippen LogP contribution >= 0.6 is 0 Å². The van der Waals surface area contributed by atoms with Crippen LogP contribution in [0.5, 0.6) is 0 Å². The van der Waals surface area contributed by atoms with E-state index in [1.165, 1.54) is 0 Å². The zero-order valence-electron chi connectivity index (χ0n) is 11.1. The first-order valence-electron chi connectivity index (χ1n) is 6.41. The Bertz CT molecular complexity index is 582. The van der Waals surface area contributed by atoms with Crippen LogP contribution in [0.25, 0.3) is 0 Å². The van der Waals surface area contributed by atoms with Gasteiger partial charge in [-0.25, -0.2) is 4.39 Å². The van der Waals surface area contributed by atoms with E-state index in [4.69, 9.17) is 0 Å². The molecule has 0 atom stereocenters. The summed E-state index contributed by atoms with van der Waals surface area (Å²) in [5.41, 5.74) is 0.387. The van der Waals surface area contributed by atoms with Gasteiger partial charge in [0.25, 0.3) is 0 Å². The quantitative estimate of drug-likeness (QED) is 0.674. The minimum absolute atomic E-state index is 0.186. The molecule has 112 valence electrons. The number of nitrogens with zero attached hydrogens (tertiary/aromatic N) is 1. The van der Waals surface area contributed by atoms with Crippen molar-refractivity contribution in [2.45, 2.75) is 19.1 Å². The van der Waals surface area contributed by atoms with Crippen molar-refractivity contribution < 1.29 is 17.6 Å². The number of nitrogens with one attached hydrogen (secondary N) is 1. The molecule has 1 heterocycles. The fourth-order valence-electron chi connectivity index (χ4n) is 1.93. The van der Waals surface area contributed by atoms with Gasteiger partial charge in [-0.3, -0.25) is 4.98 Å². The Morgan fingerprint density at radius 3 is 2.38 bits per heavy atom. The highest BCUT2D eigenvalue weighted by atomic mass is 19.4. The Kier molecular flexibility index (Phi) is 4.90. The zero-order valence-corrected chi connectivity index (χ0v) is 11.1. The minimum atomic E-state index is -4.53. The number of hydrogen-bond donors (Lipinski definition) is 1. The summed E-state index contributed by atoms with van der Waals surface area (Å²) in [5, 5.41) is 3.00. The largest absolute Gasteiger partial charge is 0.416 e. The van der Waals surface area contributed by atoms with Gasteiger partial charge >= 0.3 is 6.18 Å². The molecule has 0 aliphatic heterocycles. The summed E-state index contributed by atoms with van der Waals surface area (Å²) >= 11 is 0. The van der Waals surface area contributed by atoms with Crippen molar-refractivity contribution in [2.24, 2.45) is 0 Å². The molecular formula is C15H14F4N2. The standard InChI is InChI=1S/C15H14F4N2/c16-14-8-12(7-13(9-14)15(17,18)19)10-21-6-3-11-1-4-20-5-2-11/h1-2,4-5,7-9,21H,3,6,10H2. The van der Waals surface area contributed by atoms with Crippen LogP contribution in [0.4, 0.5) is 17.6 Å². The van der Waals surface area contributed by atoms with E-state index in [2.05, 4.69) is 10.3 Å². The molecule has 0 amide bonds. The highest BCUT2D eigenvalue weighted by Crippen LogP contribution is 2.30. The number of aromatic nitrogens is 1. The van der Waals surface area contributed by atoms with Gasteiger partial charge in [-0.15, -0.1) is 0 Å². The molecular weight excluding hydrogens is 284 g/mol. The Labute approximate surface area is 119 Å². The lowest BCUT2D eigenvalue weighted by atomic mass is 10.1.